The number of carbonyl (C=O) groups is 1. The van der Waals surface area contributed by atoms with Gasteiger partial charge in [-0.1, -0.05) is 13.3 Å². The molecule has 0 aliphatic rings. The smallest absolute Gasteiger partial charge is 0.335 e. The molecule has 0 amide bonds. The molecule has 0 fully saturated rings. The van der Waals surface area contributed by atoms with E-state index in [1.807, 2.05) is 6.92 Å². The predicted octanol–water partition coefficient (Wildman–Crippen LogP) is 1.92. The monoisotopic (exact) mass is 231 g/mol. The molecule has 0 radical (unpaired) electrons. The van der Waals surface area contributed by atoms with E-state index in [9.17, 15) is 4.79 Å². The average molecular weight is 231 g/mol. The Kier molecular flexibility index (Phi) is 3.18. The summed E-state index contributed by atoms with van der Waals surface area (Å²) in [4.78, 5) is 19.4. The second kappa shape index (κ2) is 4.78. The fourth-order valence-electron chi connectivity index (χ4n) is 1.61. The predicted molar refractivity (Wildman–Crippen MR) is 62.3 cm³/mol. The number of aromatic nitrogens is 3. The van der Waals surface area contributed by atoms with Gasteiger partial charge in [0.2, 0.25) is 0 Å². The van der Waals surface area contributed by atoms with Gasteiger partial charge in [0.05, 0.1) is 5.56 Å². The topological polar surface area (TPSA) is 68.0 Å². The van der Waals surface area contributed by atoms with E-state index in [2.05, 4.69) is 9.97 Å². The van der Waals surface area contributed by atoms with Gasteiger partial charge in [0, 0.05) is 18.1 Å². The maximum atomic E-state index is 11.0. The minimum absolute atomic E-state index is 0.257. The van der Waals surface area contributed by atoms with E-state index in [1.54, 1.807) is 35.4 Å². The summed E-state index contributed by atoms with van der Waals surface area (Å²) in [6.07, 6.45) is 6.67. The second-order valence-corrected chi connectivity index (χ2v) is 3.73. The molecule has 0 aliphatic carbocycles. The van der Waals surface area contributed by atoms with Gasteiger partial charge in [-0.05, 0) is 18.6 Å². The number of carboxylic acids is 1. The van der Waals surface area contributed by atoms with Gasteiger partial charge < -0.3 is 5.11 Å². The molecule has 0 spiro atoms. The van der Waals surface area contributed by atoms with Gasteiger partial charge in [0.1, 0.15) is 12.1 Å². The molecule has 0 bridgehead atoms. The van der Waals surface area contributed by atoms with Crippen LogP contribution < -0.4 is 0 Å². The van der Waals surface area contributed by atoms with Crippen molar-refractivity contribution in [1.29, 1.82) is 0 Å². The van der Waals surface area contributed by atoms with Crippen molar-refractivity contribution in [2.45, 2.75) is 19.8 Å². The van der Waals surface area contributed by atoms with Gasteiger partial charge in [-0.15, -0.1) is 0 Å². The Bertz CT molecular complexity index is 521. The number of aromatic carboxylic acids is 1. The van der Waals surface area contributed by atoms with E-state index in [1.165, 1.54) is 0 Å². The fourth-order valence-corrected chi connectivity index (χ4v) is 1.61. The van der Waals surface area contributed by atoms with Crippen molar-refractivity contribution in [3.05, 3.63) is 42.1 Å². The van der Waals surface area contributed by atoms with Crippen LogP contribution in [0.25, 0.3) is 5.82 Å². The molecule has 17 heavy (non-hydrogen) atoms. The zero-order chi connectivity index (χ0) is 12.3. The molecule has 5 nitrogen and oxygen atoms in total. The lowest BCUT2D eigenvalue weighted by molar-refractivity contribution is 0.0696. The van der Waals surface area contributed by atoms with Crippen LogP contribution >= 0.6 is 0 Å². The number of hydrogen-bond donors (Lipinski definition) is 1. The van der Waals surface area contributed by atoms with Crippen molar-refractivity contribution < 1.29 is 9.90 Å². The van der Waals surface area contributed by atoms with E-state index in [4.69, 9.17) is 5.11 Å². The number of imidazole rings is 1. The van der Waals surface area contributed by atoms with Crippen LogP contribution in [0, 0.1) is 0 Å². The lowest BCUT2D eigenvalue weighted by Crippen LogP contribution is -2.04. The van der Waals surface area contributed by atoms with Crippen LogP contribution in [-0.4, -0.2) is 25.6 Å². The first kappa shape index (κ1) is 11.3. The van der Waals surface area contributed by atoms with Crippen molar-refractivity contribution in [2.24, 2.45) is 0 Å². The first-order valence-corrected chi connectivity index (χ1v) is 5.43. The molecule has 2 aromatic heterocycles. The Morgan fingerprint density at radius 3 is 2.88 bits per heavy atom. The molecule has 0 aliphatic heterocycles. The Morgan fingerprint density at radius 2 is 2.29 bits per heavy atom. The molecule has 2 heterocycles. The summed E-state index contributed by atoms with van der Waals surface area (Å²) in [6.45, 7) is 2.03. The maximum Gasteiger partial charge on any atom is 0.335 e. The van der Waals surface area contributed by atoms with Gasteiger partial charge in [-0.3, -0.25) is 4.57 Å². The van der Waals surface area contributed by atoms with Crippen LogP contribution in [0.5, 0.6) is 0 Å². The average Bonchev–Trinajstić information content (AvgIpc) is 2.82. The number of carboxylic acid groups (broad SMARTS) is 1. The van der Waals surface area contributed by atoms with Crippen LogP contribution in [0.1, 0.15) is 29.4 Å². The molecule has 0 atom stereocenters. The van der Waals surface area contributed by atoms with E-state index >= 15 is 0 Å². The normalized spacial score (nSPS) is 10.4. The molecule has 5 heteroatoms. The maximum absolute atomic E-state index is 11.0. The third-order valence-electron chi connectivity index (χ3n) is 2.39. The molecule has 2 rings (SSSR count). The van der Waals surface area contributed by atoms with Gasteiger partial charge in [0.25, 0.3) is 0 Å². The van der Waals surface area contributed by atoms with E-state index < -0.39 is 5.97 Å². The fraction of sp³-hybridized carbons (Fsp3) is 0.250. The second-order valence-electron chi connectivity index (χ2n) is 3.73. The Morgan fingerprint density at radius 1 is 1.47 bits per heavy atom. The van der Waals surface area contributed by atoms with Crippen LogP contribution in [-0.2, 0) is 6.42 Å². The third kappa shape index (κ3) is 2.50. The van der Waals surface area contributed by atoms with Crippen molar-refractivity contribution in [2.75, 3.05) is 0 Å². The molecule has 0 saturated carbocycles. The number of nitrogens with zero attached hydrogens (tertiary/aromatic N) is 3. The van der Waals surface area contributed by atoms with Crippen LogP contribution in [0.3, 0.4) is 0 Å². The molecule has 0 aromatic carbocycles. The summed E-state index contributed by atoms with van der Waals surface area (Å²) in [5, 5.41) is 9.05. The Balaban J connectivity index is 2.48. The summed E-state index contributed by atoms with van der Waals surface area (Å²) in [7, 11) is 0. The van der Waals surface area contributed by atoms with Crippen molar-refractivity contribution >= 4 is 5.97 Å². The van der Waals surface area contributed by atoms with Gasteiger partial charge in [-0.25, -0.2) is 14.8 Å². The summed E-state index contributed by atoms with van der Waals surface area (Å²) in [6, 6.07) is 3.16. The number of pyridine rings is 1. The molecular formula is C12H13N3O2. The molecule has 1 N–H and O–H groups in total. The highest BCUT2D eigenvalue weighted by atomic mass is 16.4. The van der Waals surface area contributed by atoms with Crippen molar-refractivity contribution in [3.63, 3.8) is 0 Å². The van der Waals surface area contributed by atoms with Crippen molar-refractivity contribution in [3.8, 4) is 5.82 Å². The third-order valence-corrected chi connectivity index (χ3v) is 2.39. The number of aryl methyl sites for hydroxylation is 1. The standard InChI is InChI=1S/C12H13N3O2/c1-2-3-10-6-9(12(16)17)7-11(14-10)15-5-4-13-8-15/h4-8H,2-3H2,1H3,(H,16,17). The van der Waals surface area contributed by atoms with Gasteiger partial charge in [0.15, 0.2) is 0 Å². The first-order chi connectivity index (χ1) is 8.20. The lowest BCUT2D eigenvalue weighted by Gasteiger charge is -2.06. The summed E-state index contributed by atoms with van der Waals surface area (Å²) >= 11 is 0. The van der Waals surface area contributed by atoms with Crippen LogP contribution in [0.4, 0.5) is 0 Å². The van der Waals surface area contributed by atoms with Crippen LogP contribution in [0.2, 0.25) is 0 Å². The van der Waals surface area contributed by atoms with Crippen molar-refractivity contribution in [1.82, 2.24) is 14.5 Å². The van der Waals surface area contributed by atoms with E-state index in [0.717, 1.165) is 18.5 Å². The highest BCUT2D eigenvalue weighted by Gasteiger charge is 2.09. The lowest BCUT2D eigenvalue weighted by atomic mass is 10.1. The first-order valence-electron chi connectivity index (χ1n) is 5.43. The molecule has 88 valence electrons. The SMILES string of the molecule is CCCc1cc(C(=O)O)cc(-n2ccnc2)n1. The molecule has 0 unspecified atom stereocenters. The van der Waals surface area contributed by atoms with Crippen LogP contribution in [0.15, 0.2) is 30.9 Å². The van der Waals surface area contributed by atoms with Gasteiger partial charge >= 0.3 is 5.97 Å². The van der Waals surface area contributed by atoms with Gasteiger partial charge in [-0.2, -0.15) is 0 Å². The largest absolute Gasteiger partial charge is 0.478 e. The number of hydrogen-bond acceptors (Lipinski definition) is 3. The zero-order valence-corrected chi connectivity index (χ0v) is 9.50. The minimum Gasteiger partial charge on any atom is -0.478 e. The van der Waals surface area contributed by atoms with E-state index in [-0.39, 0.29) is 5.56 Å². The summed E-state index contributed by atoms with van der Waals surface area (Å²) in [5.74, 6) is -0.350. The zero-order valence-electron chi connectivity index (χ0n) is 9.50. The Labute approximate surface area is 98.8 Å². The highest BCUT2D eigenvalue weighted by molar-refractivity contribution is 5.88. The summed E-state index contributed by atoms with van der Waals surface area (Å²) < 4.78 is 1.70. The highest BCUT2D eigenvalue weighted by Crippen LogP contribution is 2.12. The quantitative estimate of drug-likeness (QED) is 0.872. The number of rotatable bonds is 4. The molecular weight excluding hydrogens is 218 g/mol. The minimum atomic E-state index is -0.939. The molecule has 2 aromatic rings. The Hall–Kier alpha value is -2.17. The summed E-state index contributed by atoms with van der Waals surface area (Å²) in [5.41, 5.74) is 1.04. The van der Waals surface area contributed by atoms with E-state index in [0.29, 0.717) is 5.82 Å². The molecule has 0 saturated heterocycles.